The Morgan fingerprint density at radius 2 is 0.975 bits per heavy atom. The van der Waals surface area contributed by atoms with Crippen LogP contribution in [-0.4, -0.2) is 0 Å². The zero-order chi connectivity index (χ0) is 33.4. The number of benzene rings is 8. The normalized spacial score (nSPS) is 14.3. The molecule has 186 valence electrons. The van der Waals surface area contributed by atoms with E-state index < -0.39 is 18.1 Å². The highest BCUT2D eigenvalue weighted by Crippen LogP contribution is 2.46. The summed E-state index contributed by atoms with van der Waals surface area (Å²) in [6.45, 7) is 0. The highest BCUT2D eigenvalue weighted by molar-refractivity contribution is 6.24. The van der Waals surface area contributed by atoms with Crippen LogP contribution >= 0.6 is 0 Å². The zero-order valence-corrected chi connectivity index (χ0v) is 21.4. The van der Waals surface area contributed by atoms with Crippen LogP contribution in [-0.2, 0) is 0 Å². The minimum atomic E-state index is -0.445. The third kappa shape index (κ3) is 3.54. The molecule has 8 aromatic rings. The Bertz CT molecular complexity index is 2570. The van der Waals surface area contributed by atoms with E-state index in [4.69, 9.17) is 9.60 Å². The van der Waals surface area contributed by atoms with Crippen LogP contribution < -0.4 is 0 Å². The molecule has 0 spiro atoms. The molecular formula is C40H26. The molecule has 0 fully saturated rings. The summed E-state index contributed by atoms with van der Waals surface area (Å²) >= 11 is 0. The molecule has 0 saturated heterocycles. The molecule has 0 heterocycles. The molecule has 0 nitrogen and oxygen atoms in total. The molecule has 0 saturated carbocycles. The van der Waals surface area contributed by atoms with Gasteiger partial charge in [-0.1, -0.05) is 151 Å². The minimum absolute atomic E-state index is 0.00816. The molecule has 8 aromatic carbocycles. The summed E-state index contributed by atoms with van der Waals surface area (Å²) in [5, 5.41) is 6.28. The van der Waals surface area contributed by atoms with Crippen molar-refractivity contribution < 1.29 is 11.0 Å². The predicted molar refractivity (Wildman–Crippen MR) is 173 cm³/mol. The molecule has 0 aliphatic carbocycles. The summed E-state index contributed by atoms with van der Waals surface area (Å²) in [5.74, 6) is 0. The summed E-state index contributed by atoms with van der Waals surface area (Å²) in [7, 11) is 0. The highest BCUT2D eigenvalue weighted by atomic mass is 14.2. The van der Waals surface area contributed by atoms with Crippen LogP contribution in [0.5, 0.6) is 0 Å². The zero-order valence-electron chi connectivity index (χ0n) is 29.4. The highest BCUT2D eigenvalue weighted by Gasteiger charge is 2.18. The van der Waals surface area contributed by atoms with Gasteiger partial charge in [-0.2, -0.15) is 0 Å². The van der Waals surface area contributed by atoms with E-state index in [0.717, 1.165) is 32.7 Å². The Hall–Kier alpha value is -5.20. The molecule has 0 atom stereocenters. The average Bonchev–Trinajstić information content (AvgIpc) is 3.11. The quantitative estimate of drug-likeness (QED) is 0.206. The first-order valence-corrected chi connectivity index (χ1v) is 13.2. The monoisotopic (exact) mass is 514 g/mol. The topological polar surface area (TPSA) is 0 Å². The van der Waals surface area contributed by atoms with Crippen LogP contribution in [0.25, 0.3) is 76.5 Å². The maximum Gasteiger partial charge on any atom is 0.0629 e. The van der Waals surface area contributed by atoms with Gasteiger partial charge >= 0.3 is 0 Å². The third-order valence-corrected chi connectivity index (χ3v) is 7.70. The Morgan fingerprint density at radius 1 is 0.350 bits per heavy atom. The molecule has 0 aromatic heterocycles. The standard InChI is InChI=1S/C40H26/c1-2-13-28(14-3-1)39-35-16-6-8-18-37(35)40(38-19-9-7-17-36(38)39)34-23-11-21-32-31(20-10-22-33(32)34)30-25-24-27-12-4-5-15-29(27)26-30/h1-26H/i1D,2D,3D,10D,13D,14D,20D,22D. The van der Waals surface area contributed by atoms with Gasteiger partial charge in [0.25, 0.3) is 0 Å². The van der Waals surface area contributed by atoms with E-state index in [9.17, 15) is 1.37 Å². The maximum atomic E-state index is 9.21. The fourth-order valence-electron chi connectivity index (χ4n) is 5.96. The van der Waals surface area contributed by atoms with Crippen molar-refractivity contribution in [3.63, 3.8) is 0 Å². The van der Waals surface area contributed by atoms with Crippen molar-refractivity contribution in [2.75, 3.05) is 0 Å². The van der Waals surface area contributed by atoms with E-state index in [0.29, 0.717) is 38.2 Å². The second-order valence-corrected chi connectivity index (χ2v) is 9.88. The van der Waals surface area contributed by atoms with E-state index in [2.05, 4.69) is 0 Å². The third-order valence-electron chi connectivity index (χ3n) is 7.70. The summed E-state index contributed by atoms with van der Waals surface area (Å²) in [6, 6.07) is 33.0. The lowest BCUT2D eigenvalue weighted by Gasteiger charge is -2.19. The van der Waals surface area contributed by atoms with Crippen LogP contribution in [0.4, 0.5) is 0 Å². The van der Waals surface area contributed by atoms with Crippen LogP contribution in [0.3, 0.4) is 0 Å². The molecule has 0 N–H and O–H groups in total. The van der Waals surface area contributed by atoms with E-state index >= 15 is 0 Å². The lowest BCUT2D eigenvalue weighted by molar-refractivity contribution is 1.65. The van der Waals surface area contributed by atoms with E-state index in [-0.39, 0.29) is 35.8 Å². The van der Waals surface area contributed by atoms with Crippen molar-refractivity contribution in [3.8, 4) is 33.4 Å². The first kappa shape index (κ1) is 16.0. The van der Waals surface area contributed by atoms with Crippen molar-refractivity contribution in [2.24, 2.45) is 0 Å². The number of rotatable bonds is 3. The van der Waals surface area contributed by atoms with Gasteiger partial charge in [0.2, 0.25) is 0 Å². The van der Waals surface area contributed by atoms with Crippen molar-refractivity contribution >= 4 is 43.1 Å². The van der Waals surface area contributed by atoms with E-state index in [1.807, 2.05) is 109 Å². The Morgan fingerprint density at radius 3 is 1.70 bits per heavy atom. The molecule has 0 aliphatic heterocycles. The van der Waals surface area contributed by atoms with Crippen molar-refractivity contribution in [1.82, 2.24) is 0 Å². The van der Waals surface area contributed by atoms with Crippen LogP contribution in [0.2, 0.25) is 0 Å². The summed E-state index contributed by atoms with van der Waals surface area (Å²) in [4.78, 5) is 0. The Kier molecular flexibility index (Phi) is 3.70. The van der Waals surface area contributed by atoms with Crippen LogP contribution in [0.15, 0.2) is 158 Å². The largest absolute Gasteiger partial charge is 0.0629 e. The minimum Gasteiger partial charge on any atom is -0.0622 e. The first-order valence-electron chi connectivity index (χ1n) is 17.2. The van der Waals surface area contributed by atoms with Gasteiger partial charge in [-0.3, -0.25) is 0 Å². The first-order chi connectivity index (χ1) is 23.2. The SMILES string of the molecule is [2H]c1c([2H])c([2H])c(-c2c3ccccc3c(-c3cccc4c(-c5ccc6ccccc6c5)c([2H])c([2H])c([2H])c34)c3ccccc23)c([2H])c1[2H]. The number of hydrogen-bond acceptors (Lipinski definition) is 0. The van der Waals surface area contributed by atoms with Crippen molar-refractivity contribution in [2.45, 2.75) is 0 Å². The molecule has 0 heteroatoms. The van der Waals surface area contributed by atoms with Crippen LogP contribution in [0, 0.1) is 0 Å². The molecule has 40 heavy (non-hydrogen) atoms. The molecule has 0 aliphatic rings. The predicted octanol–water partition coefficient (Wildman–Crippen LogP) is 11.3. The van der Waals surface area contributed by atoms with Crippen LogP contribution in [0.1, 0.15) is 11.0 Å². The summed E-state index contributed by atoms with van der Waals surface area (Å²) in [5.41, 5.74) is 3.57. The summed E-state index contributed by atoms with van der Waals surface area (Å²) < 4.78 is 69.8. The lowest BCUT2D eigenvalue weighted by atomic mass is 9.84. The van der Waals surface area contributed by atoms with Gasteiger partial charge < -0.3 is 0 Å². The van der Waals surface area contributed by atoms with Gasteiger partial charge in [0.1, 0.15) is 0 Å². The number of hydrogen-bond donors (Lipinski definition) is 0. The molecule has 8 rings (SSSR count). The second kappa shape index (κ2) is 9.22. The van der Waals surface area contributed by atoms with Crippen molar-refractivity contribution in [3.05, 3.63) is 158 Å². The average molecular weight is 515 g/mol. The summed E-state index contributed by atoms with van der Waals surface area (Å²) in [6.07, 6.45) is 0. The molecule has 0 unspecified atom stereocenters. The fraction of sp³-hybridized carbons (Fsp3) is 0. The van der Waals surface area contributed by atoms with Gasteiger partial charge in [0.15, 0.2) is 0 Å². The van der Waals surface area contributed by atoms with Gasteiger partial charge in [-0.05, 0) is 82.5 Å². The number of fused-ring (bicyclic) bond motifs is 4. The van der Waals surface area contributed by atoms with E-state index in [1.54, 1.807) is 0 Å². The fourth-order valence-corrected chi connectivity index (χ4v) is 5.96. The molecule has 0 bridgehead atoms. The van der Waals surface area contributed by atoms with Gasteiger partial charge in [0, 0.05) is 0 Å². The Balaban J connectivity index is 1.53. The molecule has 0 amide bonds. The maximum absolute atomic E-state index is 9.21. The van der Waals surface area contributed by atoms with Gasteiger partial charge in [0.05, 0.1) is 11.0 Å². The Labute approximate surface area is 245 Å². The van der Waals surface area contributed by atoms with Crippen molar-refractivity contribution in [1.29, 1.82) is 0 Å². The smallest absolute Gasteiger partial charge is 0.0622 e. The lowest BCUT2D eigenvalue weighted by Crippen LogP contribution is -1.92. The molecular weight excluding hydrogens is 480 g/mol. The van der Waals surface area contributed by atoms with E-state index in [1.165, 1.54) is 0 Å². The molecule has 0 radical (unpaired) electrons. The van der Waals surface area contributed by atoms with Gasteiger partial charge in [-0.15, -0.1) is 0 Å². The second-order valence-electron chi connectivity index (χ2n) is 9.88. The van der Waals surface area contributed by atoms with Gasteiger partial charge in [-0.25, -0.2) is 0 Å².